The fraction of sp³-hybridized carbons (Fsp3) is 0.133. The van der Waals surface area contributed by atoms with Gasteiger partial charge < -0.3 is 4.74 Å². The Morgan fingerprint density at radius 3 is 2.67 bits per heavy atom. The van der Waals surface area contributed by atoms with E-state index in [-0.39, 0.29) is 17.8 Å². The molecule has 2 heterocycles. The molecule has 0 fully saturated rings. The number of esters is 1. The number of hydrogen-bond donors (Lipinski definition) is 1. The summed E-state index contributed by atoms with van der Waals surface area (Å²) in [6.07, 6.45) is 1.39. The highest BCUT2D eigenvalue weighted by Gasteiger charge is 2.13. The normalized spacial score (nSPS) is 10.8. The van der Waals surface area contributed by atoms with Crippen molar-refractivity contribution in [2.75, 3.05) is 6.61 Å². The monoisotopic (exact) mass is 390 g/mol. The van der Waals surface area contributed by atoms with Gasteiger partial charge in [0.15, 0.2) is 11.2 Å². The van der Waals surface area contributed by atoms with Crippen LogP contribution in [0.1, 0.15) is 17.3 Å². The average molecular weight is 391 g/mol. The lowest BCUT2D eigenvalue weighted by Crippen LogP contribution is -2.34. The Morgan fingerprint density at radius 1 is 1.29 bits per heavy atom. The maximum atomic E-state index is 12.6. The summed E-state index contributed by atoms with van der Waals surface area (Å²) in [6, 6.07) is 5.94. The van der Waals surface area contributed by atoms with E-state index in [0.717, 1.165) is 4.57 Å². The van der Waals surface area contributed by atoms with Crippen LogP contribution in [0.3, 0.4) is 0 Å². The second-order valence-electron chi connectivity index (χ2n) is 4.73. The molecule has 3 aromatic rings. The molecule has 8 nitrogen and oxygen atoms in total. The average Bonchev–Trinajstić information content (AvgIpc) is 2.56. The van der Waals surface area contributed by atoms with Crippen molar-refractivity contribution in [1.29, 1.82) is 0 Å². The molecule has 1 aromatic carbocycles. The van der Waals surface area contributed by atoms with Crippen molar-refractivity contribution in [1.82, 2.24) is 19.5 Å². The Kier molecular flexibility index (Phi) is 4.26. The quantitative estimate of drug-likeness (QED) is 0.677. The molecule has 2 aromatic heterocycles. The molecule has 24 heavy (non-hydrogen) atoms. The molecule has 0 bridgehead atoms. The number of benzene rings is 1. The van der Waals surface area contributed by atoms with Crippen LogP contribution in [0.25, 0.3) is 16.9 Å². The first-order chi connectivity index (χ1) is 11.5. The van der Waals surface area contributed by atoms with Gasteiger partial charge in [-0.1, -0.05) is 0 Å². The molecule has 0 saturated heterocycles. The van der Waals surface area contributed by atoms with Gasteiger partial charge in [0.25, 0.3) is 5.56 Å². The van der Waals surface area contributed by atoms with Crippen LogP contribution in [-0.2, 0) is 4.74 Å². The number of fused-ring (bicyclic) bond motifs is 1. The minimum absolute atomic E-state index is 0.0263. The molecule has 0 unspecified atom stereocenters. The van der Waals surface area contributed by atoms with E-state index >= 15 is 0 Å². The number of rotatable bonds is 3. The van der Waals surface area contributed by atoms with E-state index in [1.165, 1.54) is 30.5 Å². The lowest BCUT2D eigenvalue weighted by Gasteiger charge is -2.07. The Labute approximate surface area is 143 Å². The summed E-state index contributed by atoms with van der Waals surface area (Å²) < 4.78 is 6.20. The SMILES string of the molecule is CCOC(=O)c1ccc(-n2c(=O)[nH]c3ncc(Br)nc3c2=O)cc1. The Morgan fingerprint density at radius 2 is 2.00 bits per heavy atom. The number of aromatic nitrogens is 4. The van der Waals surface area contributed by atoms with Crippen LogP contribution < -0.4 is 11.2 Å². The predicted octanol–water partition coefficient (Wildman–Crippen LogP) is 1.41. The van der Waals surface area contributed by atoms with Crippen molar-refractivity contribution in [3.63, 3.8) is 0 Å². The Bertz CT molecular complexity index is 1040. The first kappa shape index (κ1) is 16.1. The number of nitrogens with one attached hydrogen (secondary N) is 1. The molecule has 0 atom stereocenters. The lowest BCUT2D eigenvalue weighted by atomic mass is 10.2. The number of hydrogen-bond acceptors (Lipinski definition) is 6. The van der Waals surface area contributed by atoms with E-state index in [1.807, 2.05) is 0 Å². The van der Waals surface area contributed by atoms with Crippen LogP contribution in [0.2, 0.25) is 0 Å². The van der Waals surface area contributed by atoms with Gasteiger partial charge in [0.1, 0.15) is 4.60 Å². The maximum Gasteiger partial charge on any atom is 0.338 e. The lowest BCUT2D eigenvalue weighted by molar-refractivity contribution is 0.0526. The summed E-state index contributed by atoms with van der Waals surface area (Å²) in [5.74, 6) is -0.474. The molecule has 1 N–H and O–H groups in total. The van der Waals surface area contributed by atoms with Gasteiger partial charge in [0.2, 0.25) is 0 Å². The van der Waals surface area contributed by atoms with E-state index < -0.39 is 17.2 Å². The summed E-state index contributed by atoms with van der Waals surface area (Å²) >= 11 is 3.14. The summed E-state index contributed by atoms with van der Waals surface area (Å²) in [5.41, 5.74) is -0.489. The maximum absolute atomic E-state index is 12.6. The van der Waals surface area contributed by atoms with E-state index in [4.69, 9.17) is 4.74 Å². The molecule has 0 spiro atoms. The molecule has 0 amide bonds. The van der Waals surface area contributed by atoms with Crippen molar-refractivity contribution < 1.29 is 9.53 Å². The van der Waals surface area contributed by atoms with Gasteiger partial charge in [-0.3, -0.25) is 9.78 Å². The van der Waals surface area contributed by atoms with Gasteiger partial charge in [-0.25, -0.2) is 24.1 Å². The van der Waals surface area contributed by atoms with Gasteiger partial charge in [-0.2, -0.15) is 0 Å². The topological polar surface area (TPSA) is 107 Å². The summed E-state index contributed by atoms with van der Waals surface area (Å²) in [6.45, 7) is 1.97. The molecular weight excluding hydrogens is 380 g/mol. The summed E-state index contributed by atoms with van der Waals surface area (Å²) in [5, 5.41) is 0. The fourth-order valence-corrected chi connectivity index (χ4v) is 2.44. The highest BCUT2D eigenvalue weighted by atomic mass is 79.9. The first-order valence-corrected chi connectivity index (χ1v) is 7.75. The zero-order chi connectivity index (χ0) is 17.3. The van der Waals surface area contributed by atoms with Crippen molar-refractivity contribution in [3.8, 4) is 5.69 Å². The van der Waals surface area contributed by atoms with Crippen LogP contribution >= 0.6 is 15.9 Å². The number of ether oxygens (including phenoxy) is 1. The van der Waals surface area contributed by atoms with E-state index in [0.29, 0.717) is 15.9 Å². The second kappa shape index (κ2) is 6.36. The largest absolute Gasteiger partial charge is 0.462 e. The summed E-state index contributed by atoms with van der Waals surface area (Å²) in [7, 11) is 0. The third-order valence-electron chi connectivity index (χ3n) is 3.21. The molecule has 9 heteroatoms. The van der Waals surface area contributed by atoms with Crippen LogP contribution in [-0.4, -0.2) is 32.1 Å². The second-order valence-corrected chi connectivity index (χ2v) is 5.54. The fourth-order valence-electron chi connectivity index (χ4n) is 2.16. The Hall–Kier alpha value is -2.81. The molecule has 3 rings (SSSR count). The number of carbonyl (C=O) groups excluding carboxylic acids is 1. The number of halogens is 1. The molecule has 0 aliphatic heterocycles. The number of H-pyrrole nitrogens is 1. The third-order valence-corrected chi connectivity index (χ3v) is 3.60. The van der Waals surface area contributed by atoms with Crippen LogP contribution in [0.4, 0.5) is 0 Å². The van der Waals surface area contributed by atoms with Gasteiger partial charge in [-0.15, -0.1) is 0 Å². The van der Waals surface area contributed by atoms with E-state index in [9.17, 15) is 14.4 Å². The van der Waals surface area contributed by atoms with Crippen LogP contribution in [0.5, 0.6) is 0 Å². The predicted molar refractivity (Wildman–Crippen MR) is 89.4 cm³/mol. The highest BCUT2D eigenvalue weighted by molar-refractivity contribution is 9.10. The van der Waals surface area contributed by atoms with Gasteiger partial charge >= 0.3 is 11.7 Å². The minimum Gasteiger partial charge on any atom is -0.462 e. The number of carbonyl (C=O) groups is 1. The molecule has 0 saturated carbocycles. The van der Waals surface area contributed by atoms with Crippen molar-refractivity contribution in [2.24, 2.45) is 0 Å². The molecular formula is C15H11BrN4O4. The van der Waals surface area contributed by atoms with Gasteiger partial charge in [0, 0.05) is 0 Å². The molecule has 0 aliphatic carbocycles. The van der Waals surface area contributed by atoms with E-state index in [1.54, 1.807) is 6.92 Å². The number of aromatic amines is 1. The van der Waals surface area contributed by atoms with Crippen molar-refractivity contribution in [3.05, 3.63) is 61.5 Å². The van der Waals surface area contributed by atoms with Gasteiger partial charge in [-0.05, 0) is 47.1 Å². The highest BCUT2D eigenvalue weighted by Crippen LogP contribution is 2.10. The van der Waals surface area contributed by atoms with Crippen molar-refractivity contribution >= 4 is 33.1 Å². The van der Waals surface area contributed by atoms with Crippen molar-refractivity contribution in [2.45, 2.75) is 6.92 Å². The Balaban J connectivity index is 2.14. The number of nitrogens with zero attached hydrogens (tertiary/aromatic N) is 3. The summed E-state index contributed by atoms with van der Waals surface area (Å²) in [4.78, 5) is 46.9. The molecule has 122 valence electrons. The molecule has 0 aliphatic rings. The minimum atomic E-state index is -0.645. The van der Waals surface area contributed by atoms with Crippen LogP contribution in [0, 0.1) is 0 Å². The van der Waals surface area contributed by atoms with Gasteiger partial charge in [0.05, 0.1) is 24.1 Å². The molecule has 0 radical (unpaired) electrons. The standard InChI is InChI=1S/C15H11BrN4O4/c1-2-24-14(22)8-3-5-9(6-4-8)20-13(21)11-12(19-15(20)23)17-7-10(16)18-11/h3-7H,2H2,1H3,(H,17,19,23). The zero-order valence-electron chi connectivity index (χ0n) is 12.4. The third kappa shape index (κ3) is 2.85. The smallest absolute Gasteiger partial charge is 0.338 e. The first-order valence-electron chi connectivity index (χ1n) is 6.96. The van der Waals surface area contributed by atoms with Crippen LogP contribution in [0.15, 0.2) is 44.7 Å². The van der Waals surface area contributed by atoms with E-state index in [2.05, 4.69) is 30.9 Å². The zero-order valence-corrected chi connectivity index (χ0v) is 14.0.